The molecule has 5 nitrogen and oxygen atoms in total. The number of fused-ring (bicyclic) bond motifs is 1. The van der Waals surface area contributed by atoms with Crippen LogP contribution in [0.2, 0.25) is 10.0 Å². The number of aromatic nitrogens is 2. The molecule has 0 atom stereocenters. The normalized spacial score (nSPS) is 11.0. The van der Waals surface area contributed by atoms with E-state index in [0.29, 0.717) is 30.7 Å². The molecule has 2 aromatic heterocycles. The van der Waals surface area contributed by atoms with Crippen molar-refractivity contribution < 1.29 is 4.79 Å². The number of hydrogen-bond donors (Lipinski definition) is 1. The minimum absolute atomic E-state index is 0.159. The van der Waals surface area contributed by atoms with E-state index in [-0.39, 0.29) is 18.0 Å². The fraction of sp³-hybridized carbons (Fsp3) is 0.188. The summed E-state index contributed by atoms with van der Waals surface area (Å²) in [6, 6.07) is 5.11. The first kappa shape index (κ1) is 17.0. The van der Waals surface area contributed by atoms with E-state index < -0.39 is 0 Å². The van der Waals surface area contributed by atoms with Crippen LogP contribution in [-0.2, 0) is 13.6 Å². The molecule has 0 bridgehead atoms. The van der Waals surface area contributed by atoms with Gasteiger partial charge >= 0.3 is 0 Å². The van der Waals surface area contributed by atoms with E-state index in [1.165, 1.54) is 22.2 Å². The Kier molecular flexibility index (Phi) is 4.62. The molecule has 0 fully saturated rings. The molecule has 2 heterocycles. The minimum Gasteiger partial charge on any atom is -0.347 e. The van der Waals surface area contributed by atoms with Gasteiger partial charge in [0.1, 0.15) is 4.83 Å². The molecule has 0 aliphatic heterocycles. The highest BCUT2D eigenvalue weighted by Crippen LogP contribution is 2.27. The number of nitrogens with one attached hydrogen (secondary N) is 1. The van der Waals surface area contributed by atoms with Gasteiger partial charge in [0.25, 0.3) is 11.5 Å². The SMILES string of the molecule is Cc1c(C(=O)NCc2ccc(Cl)cc2Cl)sc2ncn(C)c(=O)c12. The molecule has 0 radical (unpaired) electrons. The first-order valence-electron chi connectivity index (χ1n) is 7.05. The molecule has 24 heavy (non-hydrogen) atoms. The summed E-state index contributed by atoms with van der Waals surface area (Å²) >= 11 is 13.2. The van der Waals surface area contributed by atoms with Crippen LogP contribution in [-0.4, -0.2) is 15.5 Å². The number of aryl methyl sites for hydroxylation is 2. The van der Waals surface area contributed by atoms with Gasteiger partial charge in [0.2, 0.25) is 0 Å². The molecule has 0 aliphatic rings. The predicted octanol–water partition coefficient (Wildman–Crippen LogP) is 3.54. The van der Waals surface area contributed by atoms with Crippen molar-refractivity contribution in [2.75, 3.05) is 0 Å². The Labute approximate surface area is 151 Å². The van der Waals surface area contributed by atoms with E-state index >= 15 is 0 Å². The quantitative estimate of drug-likeness (QED) is 0.754. The molecule has 3 rings (SSSR count). The summed E-state index contributed by atoms with van der Waals surface area (Å²) in [5.74, 6) is -0.261. The van der Waals surface area contributed by atoms with Crippen molar-refractivity contribution in [3.63, 3.8) is 0 Å². The maximum atomic E-state index is 12.5. The molecule has 8 heteroatoms. The number of carbonyl (C=O) groups is 1. The summed E-state index contributed by atoms with van der Waals surface area (Å²) in [5, 5.41) is 4.34. The fourth-order valence-corrected chi connectivity index (χ4v) is 3.88. The smallest absolute Gasteiger partial charge is 0.262 e. The van der Waals surface area contributed by atoms with Crippen molar-refractivity contribution in [1.29, 1.82) is 0 Å². The zero-order valence-corrected chi connectivity index (χ0v) is 15.2. The summed E-state index contributed by atoms with van der Waals surface area (Å²) < 4.78 is 1.40. The topological polar surface area (TPSA) is 64.0 Å². The highest BCUT2D eigenvalue weighted by atomic mass is 35.5. The van der Waals surface area contributed by atoms with Crippen LogP contribution in [0.25, 0.3) is 10.2 Å². The number of halogens is 2. The van der Waals surface area contributed by atoms with E-state index in [4.69, 9.17) is 23.2 Å². The zero-order chi connectivity index (χ0) is 17.4. The molecule has 0 unspecified atom stereocenters. The molecule has 3 aromatic rings. The van der Waals surface area contributed by atoms with Crippen LogP contribution >= 0.6 is 34.5 Å². The number of rotatable bonds is 3. The molecule has 1 aromatic carbocycles. The largest absolute Gasteiger partial charge is 0.347 e. The first-order valence-corrected chi connectivity index (χ1v) is 8.62. The molecular formula is C16H13Cl2N3O2S. The van der Waals surface area contributed by atoms with Crippen LogP contribution in [0.3, 0.4) is 0 Å². The number of nitrogens with zero attached hydrogens (tertiary/aromatic N) is 2. The second-order valence-corrected chi connectivity index (χ2v) is 7.16. The van der Waals surface area contributed by atoms with Crippen LogP contribution in [0.5, 0.6) is 0 Å². The summed E-state index contributed by atoms with van der Waals surface area (Å²) in [5.41, 5.74) is 1.25. The summed E-state index contributed by atoms with van der Waals surface area (Å²) in [6.07, 6.45) is 1.45. The lowest BCUT2D eigenvalue weighted by Crippen LogP contribution is -2.23. The predicted molar refractivity (Wildman–Crippen MR) is 97.2 cm³/mol. The molecule has 0 saturated carbocycles. The lowest BCUT2D eigenvalue weighted by molar-refractivity contribution is 0.0954. The highest BCUT2D eigenvalue weighted by molar-refractivity contribution is 7.20. The van der Waals surface area contributed by atoms with E-state index in [9.17, 15) is 9.59 Å². The Bertz CT molecular complexity index is 1010. The van der Waals surface area contributed by atoms with Gasteiger partial charge in [-0.15, -0.1) is 11.3 Å². The lowest BCUT2D eigenvalue weighted by Gasteiger charge is -2.07. The van der Waals surface area contributed by atoms with Crippen LogP contribution < -0.4 is 10.9 Å². The van der Waals surface area contributed by atoms with Crippen molar-refractivity contribution >= 4 is 50.7 Å². The molecular weight excluding hydrogens is 369 g/mol. The third kappa shape index (κ3) is 3.05. The summed E-state index contributed by atoms with van der Waals surface area (Å²) in [6.45, 7) is 2.03. The average molecular weight is 382 g/mol. The minimum atomic E-state index is -0.261. The number of amides is 1. The van der Waals surface area contributed by atoms with E-state index in [1.54, 1.807) is 32.2 Å². The average Bonchev–Trinajstić information content (AvgIpc) is 2.87. The number of carbonyl (C=O) groups excluding carboxylic acids is 1. The summed E-state index contributed by atoms with van der Waals surface area (Å²) in [4.78, 5) is 29.9. The van der Waals surface area contributed by atoms with Crippen molar-refractivity contribution in [1.82, 2.24) is 14.9 Å². The summed E-state index contributed by atoms with van der Waals surface area (Å²) in [7, 11) is 1.63. The Morgan fingerprint density at radius 1 is 1.38 bits per heavy atom. The van der Waals surface area contributed by atoms with Crippen molar-refractivity contribution in [3.05, 3.63) is 60.9 Å². The maximum absolute atomic E-state index is 12.5. The van der Waals surface area contributed by atoms with Gasteiger partial charge in [-0.3, -0.25) is 9.59 Å². The van der Waals surface area contributed by atoms with E-state index in [1.807, 2.05) is 0 Å². The third-order valence-electron chi connectivity index (χ3n) is 3.67. The van der Waals surface area contributed by atoms with Crippen molar-refractivity contribution in [2.24, 2.45) is 7.05 Å². The second-order valence-electron chi connectivity index (χ2n) is 5.32. The zero-order valence-electron chi connectivity index (χ0n) is 12.9. The Morgan fingerprint density at radius 3 is 2.83 bits per heavy atom. The lowest BCUT2D eigenvalue weighted by atomic mass is 10.2. The van der Waals surface area contributed by atoms with Gasteiger partial charge in [-0.2, -0.15) is 0 Å². The van der Waals surface area contributed by atoms with E-state index in [2.05, 4.69) is 10.3 Å². The first-order chi connectivity index (χ1) is 11.4. The van der Waals surface area contributed by atoms with Gasteiger partial charge in [-0.1, -0.05) is 29.3 Å². The van der Waals surface area contributed by atoms with E-state index in [0.717, 1.165) is 5.56 Å². The number of thiophene rings is 1. The van der Waals surface area contributed by atoms with Crippen LogP contribution in [0.15, 0.2) is 29.3 Å². The van der Waals surface area contributed by atoms with Crippen LogP contribution in [0.4, 0.5) is 0 Å². The monoisotopic (exact) mass is 381 g/mol. The molecule has 124 valence electrons. The van der Waals surface area contributed by atoms with Gasteiger partial charge in [-0.25, -0.2) is 4.98 Å². The standard InChI is InChI=1S/C16H13Cl2N3O2S/c1-8-12-15(20-7-21(2)16(12)23)24-13(8)14(22)19-6-9-3-4-10(17)5-11(9)18/h3-5,7H,6H2,1-2H3,(H,19,22). The third-order valence-corrected chi connectivity index (χ3v) is 5.46. The van der Waals surface area contributed by atoms with Gasteiger partial charge in [0, 0.05) is 23.6 Å². The van der Waals surface area contributed by atoms with Gasteiger partial charge in [0.15, 0.2) is 0 Å². The van der Waals surface area contributed by atoms with Gasteiger partial charge < -0.3 is 9.88 Å². The molecule has 0 saturated heterocycles. The van der Waals surface area contributed by atoms with Crippen LogP contribution in [0.1, 0.15) is 20.8 Å². The Hall–Kier alpha value is -1.89. The fourth-order valence-electron chi connectivity index (χ4n) is 2.35. The molecule has 0 spiro atoms. The van der Waals surface area contributed by atoms with Gasteiger partial charge in [-0.05, 0) is 30.2 Å². The van der Waals surface area contributed by atoms with Crippen LogP contribution in [0, 0.1) is 6.92 Å². The second kappa shape index (κ2) is 6.55. The van der Waals surface area contributed by atoms with Gasteiger partial charge in [0.05, 0.1) is 16.6 Å². The van der Waals surface area contributed by atoms with Crippen molar-refractivity contribution in [2.45, 2.75) is 13.5 Å². The molecule has 1 amide bonds. The molecule has 0 aliphatic carbocycles. The number of hydrogen-bond acceptors (Lipinski definition) is 4. The maximum Gasteiger partial charge on any atom is 0.262 e. The molecule has 1 N–H and O–H groups in total. The Balaban J connectivity index is 1.88. The Morgan fingerprint density at radius 2 is 2.12 bits per heavy atom. The highest BCUT2D eigenvalue weighted by Gasteiger charge is 2.19. The van der Waals surface area contributed by atoms with Crippen molar-refractivity contribution in [3.8, 4) is 0 Å². The number of benzene rings is 1.